The van der Waals surface area contributed by atoms with Crippen molar-refractivity contribution in [2.45, 2.75) is 31.3 Å². The van der Waals surface area contributed by atoms with Crippen molar-refractivity contribution >= 4 is 21.7 Å². The van der Waals surface area contributed by atoms with Crippen LogP contribution in [0.2, 0.25) is 0 Å². The SMILES string of the molecule is CCCCNc1cc(C(=O)O)cc(S(N)(=O)=O)c1OCc1ccc[nH]1. The summed E-state index contributed by atoms with van der Waals surface area (Å²) in [6.45, 7) is 2.64. The van der Waals surface area contributed by atoms with E-state index >= 15 is 0 Å². The van der Waals surface area contributed by atoms with Crippen LogP contribution in [-0.2, 0) is 16.6 Å². The molecule has 0 bridgehead atoms. The molecule has 0 aliphatic carbocycles. The maximum absolute atomic E-state index is 11.9. The maximum atomic E-state index is 11.9. The third-order valence-electron chi connectivity index (χ3n) is 3.49. The molecule has 0 saturated heterocycles. The molecule has 5 N–H and O–H groups in total. The van der Waals surface area contributed by atoms with Crippen molar-refractivity contribution < 1.29 is 23.1 Å². The number of sulfonamides is 1. The number of anilines is 1. The van der Waals surface area contributed by atoms with Gasteiger partial charge in [-0.25, -0.2) is 18.4 Å². The third kappa shape index (κ3) is 4.97. The molecule has 1 aromatic carbocycles. The molecule has 0 unspecified atom stereocenters. The number of carboxylic acid groups (broad SMARTS) is 1. The number of carbonyl (C=O) groups is 1. The first kappa shape index (κ1) is 18.8. The van der Waals surface area contributed by atoms with Gasteiger partial charge in [0.1, 0.15) is 11.5 Å². The molecule has 2 rings (SSSR count). The van der Waals surface area contributed by atoms with Gasteiger partial charge in [0, 0.05) is 12.7 Å². The van der Waals surface area contributed by atoms with Crippen LogP contribution in [0.4, 0.5) is 5.69 Å². The standard InChI is InChI=1S/C16H21N3O5S/c1-2-3-6-19-13-8-11(16(20)21)9-14(25(17,22)23)15(13)24-10-12-5-4-7-18-12/h4-5,7-9,18-19H,2-3,6,10H2,1H3,(H,20,21)(H2,17,22,23). The Hall–Kier alpha value is -2.52. The summed E-state index contributed by atoms with van der Waals surface area (Å²) < 4.78 is 29.5. The van der Waals surface area contributed by atoms with E-state index in [0.717, 1.165) is 24.6 Å². The third-order valence-corrected chi connectivity index (χ3v) is 4.40. The molecule has 0 radical (unpaired) electrons. The Balaban J connectivity index is 2.47. The number of rotatable bonds is 9. The Kier molecular flexibility index (Phi) is 6.05. The fraction of sp³-hybridized carbons (Fsp3) is 0.312. The second-order valence-corrected chi connectivity index (χ2v) is 7.00. The summed E-state index contributed by atoms with van der Waals surface area (Å²) in [5, 5.41) is 17.5. The van der Waals surface area contributed by atoms with Gasteiger partial charge in [-0.2, -0.15) is 0 Å². The molecule has 0 aliphatic heterocycles. The number of nitrogens with two attached hydrogens (primary N) is 1. The maximum Gasteiger partial charge on any atom is 0.335 e. The number of primary sulfonamides is 1. The molecule has 0 amide bonds. The molecule has 1 aromatic heterocycles. The number of benzene rings is 1. The van der Waals surface area contributed by atoms with Gasteiger partial charge in [0.15, 0.2) is 5.75 Å². The van der Waals surface area contributed by atoms with E-state index < -0.39 is 16.0 Å². The predicted molar refractivity (Wildman–Crippen MR) is 93.3 cm³/mol. The average molecular weight is 367 g/mol. The van der Waals surface area contributed by atoms with Gasteiger partial charge in [0.05, 0.1) is 16.9 Å². The quantitative estimate of drug-likeness (QED) is 0.502. The van der Waals surface area contributed by atoms with Gasteiger partial charge in [-0.1, -0.05) is 13.3 Å². The summed E-state index contributed by atoms with van der Waals surface area (Å²) >= 11 is 0. The Labute approximate surface area is 146 Å². The van der Waals surface area contributed by atoms with Gasteiger partial charge in [-0.05, 0) is 30.7 Å². The van der Waals surface area contributed by atoms with Gasteiger partial charge in [-0.3, -0.25) is 0 Å². The van der Waals surface area contributed by atoms with Crippen molar-refractivity contribution in [3.8, 4) is 5.75 Å². The molecule has 2 aromatic rings. The zero-order valence-corrected chi connectivity index (χ0v) is 14.6. The lowest BCUT2D eigenvalue weighted by Gasteiger charge is -2.17. The number of hydrogen-bond acceptors (Lipinski definition) is 5. The first-order chi connectivity index (χ1) is 11.8. The number of aromatic carboxylic acids is 1. The normalized spacial score (nSPS) is 11.3. The molecule has 0 aliphatic rings. The number of ether oxygens (including phenoxy) is 1. The van der Waals surface area contributed by atoms with Crippen LogP contribution in [0.25, 0.3) is 0 Å². The summed E-state index contributed by atoms with van der Waals surface area (Å²) in [6, 6.07) is 5.92. The highest BCUT2D eigenvalue weighted by atomic mass is 32.2. The summed E-state index contributed by atoms with van der Waals surface area (Å²) in [7, 11) is -4.17. The largest absolute Gasteiger partial charge is 0.484 e. The van der Waals surface area contributed by atoms with E-state index in [2.05, 4.69) is 10.3 Å². The fourth-order valence-corrected chi connectivity index (χ4v) is 2.94. The van der Waals surface area contributed by atoms with Crippen molar-refractivity contribution in [1.29, 1.82) is 0 Å². The minimum absolute atomic E-state index is 0.0122. The van der Waals surface area contributed by atoms with Crippen molar-refractivity contribution in [2.75, 3.05) is 11.9 Å². The number of nitrogens with one attached hydrogen (secondary N) is 2. The van der Waals surface area contributed by atoms with E-state index in [1.807, 2.05) is 6.92 Å². The minimum atomic E-state index is -4.17. The van der Waals surface area contributed by atoms with Crippen molar-refractivity contribution in [3.05, 3.63) is 41.7 Å². The van der Waals surface area contributed by atoms with E-state index in [0.29, 0.717) is 6.54 Å². The molecule has 1 heterocycles. The van der Waals surface area contributed by atoms with E-state index in [9.17, 15) is 18.3 Å². The van der Waals surface area contributed by atoms with Crippen molar-refractivity contribution in [1.82, 2.24) is 4.98 Å². The van der Waals surface area contributed by atoms with Crippen LogP contribution in [0.5, 0.6) is 5.75 Å². The van der Waals surface area contributed by atoms with Crippen LogP contribution >= 0.6 is 0 Å². The smallest absolute Gasteiger partial charge is 0.335 e. The second-order valence-electron chi connectivity index (χ2n) is 5.47. The van der Waals surface area contributed by atoms with Gasteiger partial charge >= 0.3 is 5.97 Å². The molecule has 8 nitrogen and oxygen atoms in total. The lowest BCUT2D eigenvalue weighted by molar-refractivity contribution is 0.0696. The highest BCUT2D eigenvalue weighted by Gasteiger charge is 2.23. The summed E-state index contributed by atoms with van der Waals surface area (Å²) in [6.07, 6.45) is 3.47. The first-order valence-corrected chi connectivity index (χ1v) is 9.30. The van der Waals surface area contributed by atoms with E-state index in [4.69, 9.17) is 9.88 Å². The molecule has 0 fully saturated rings. The number of aromatic nitrogens is 1. The van der Waals surface area contributed by atoms with Crippen molar-refractivity contribution in [3.63, 3.8) is 0 Å². The zero-order chi connectivity index (χ0) is 18.4. The summed E-state index contributed by atoms with van der Waals surface area (Å²) in [5.41, 5.74) is 0.835. The van der Waals surface area contributed by atoms with Crippen molar-refractivity contribution in [2.24, 2.45) is 5.14 Å². The van der Waals surface area contributed by atoms with Gasteiger partial charge in [-0.15, -0.1) is 0 Å². The lowest BCUT2D eigenvalue weighted by Crippen LogP contribution is -2.17. The van der Waals surface area contributed by atoms with Crippen LogP contribution in [0.3, 0.4) is 0 Å². The lowest BCUT2D eigenvalue weighted by atomic mass is 10.1. The van der Waals surface area contributed by atoms with E-state index in [1.165, 1.54) is 6.07 Å². The number of hydrogen-bond donors (Lipinski definition) is 4. The van der Waals surface area contributed by atoms with Crippen LogP contribution in [-0.4, -0.2) is 31.0 Å². The summed E-state index contributed by atoms with van der Waals surface area (Å²) in [5.74, 6) is -1.24. The number of aromatic amines is 1. The molecule has 0 saturated carbocycles. The number of carboxylic acids is 1. The topological polar surface area (TPSA) is 135 Å². The number of unbranched alkanes of at least 4 members (excludes halogenated alkanes) is 1. The van der Waals surface area contributed by atoms with Crippen LogP contribution in [0, 0.1) is 0 Å². The second kappa shape index (κ2) is 8.04. The van der Waals surface area contributed by atoms with Gasteiger partial charge in [0.2, 0.25) is 10.0 Å². The highest BCUT2D eigenvalue weighted by Crippen LogP contribution is 2.34. The highest BCUT2D eigenvalue weighted by molar-refractivity contribution is 7.89. The molecule has 25 heavy (non-hydrogen) atoms. The molecule has 0 spiro atoms. The van der Waals surface area contributed by atoms with Crippen LogP contribution in [0.1, 0.15) is 35.8 Å². The minimum Gasteiger partial charge on any atom is -0.484 e. The van der Waals surface area contributed by atoms with Crippen LogP contribution < -0.4 is 15.2 Å². The Bertz CT molecular complexity index is 832. The molecular weight excluding hydrogens is 346 g/mol. The van der Waals surface area contributed by atoms with E-state index in [1.54, 1.807) is 18.3 Å². The predicted octanol–water partition coefficient (Wildman–Crippen LogP) is 2.15. The van der Waals surface area contributed by atoms with Gasteiger partial charge < -0.3 is 20.1 Å². The van der Waals surface area contributed by atoms with E-state index in [-0.39, 0.29) is 28.5 Å². The average Bonchev–Trinajstić information content (AvgIpc) is 3.05. The van der Waals surface area contributed by atoms with Gasteiger partial charge in [0.25, 0.3) is 0 Å². The Morgan fingerprint density at radius 1 is 1.40 bits per heavy atom. The number of H-pyrrole nitrogens is 1. The Morgan fingerprint density at radius 3 is 2.72 bits per heavy atom. The first-order valence-electron chi connectivity index (χ1n) is 7.76. The zero-order valence-electron chi connectivity index (χ0n) is 13.8. The molecule has 0 atom stereocenters. The Morgan fingerprint density at radius 2 is 2.16 bits per heavy atom. The molecule has 9 heteroatoms. The summed E-state index contributed by atoms with van der Waals surface area (Å²) in [4.78, 5) is 13.9. The van der Waals surface area contributed by atoms with Crippen LogP contribution in [0.15, 0.2) is 35.4 Å². The monoisotopic (exact) mass is 367 g/mol. The fourth-order valence-electron chi connectivity index (χ4n) is 2.22. The molecular formula is C16H21N3O5S. The molecule has 136 valence electrons.